The van der Waals surface area contributed by atoms with Crippen molar-refractivity contribution in [2.45, 2.75) is 24.7 Å². The first-order valence-corrected chi connectivity index (χ1v) is 11.9. The highest BCUT2D eigenvalue weighted by Crippen LogP contribution is 2.25. The number of amides is 1. The number of nitrogens with zero attached hydrogens (tertiary/aromatic N) is 1. The molecule has 168 valence electrons. The maximum atomic E-state index is 13.4. The van der Waals surface area contributed by atoms with Crippen molar-refractivity contribution in [2.75, 3.05) is 24.5 Å². The van der Waals surface area contributed by atoms with Crippen molar-refractivity contribution in [2.24, 2.45) is 0 Å². The van der Waals surface area contributed by atoms with E-state index in [0.29, 0.717) is 18.0 Å². The van der Waals surface area contributed by atoms with Crippen LogP contribution in [0.5, 0.6) is 5.75 Å². The van der Waals surface area contributed by atoms with Crippen LogP contribution < -0.4 is 14.4 Å². The zero-order chi connectivity index (χ0) is 23.0. The van der Waals surface area contributed by atoms with Crippen LogP contribution in [0.3, 0.4) is 0 Å². The van der Waals surface area contributed by atoms with E-state index in [2.05, 4.69) is 5.32 Å². The van der Waals surface area contributed by atoms with Gasteiger partial charge < -0.3 is 10.1 Å². The van der Waals surface area contributed by atoms with Crippen molar-refractivity contribution >= 4 is 21.6 Å². The Hall–Kier alpha value is -3.32. The summed E-state index contributed by atoms with van der Waals surface area (Å²) in [6, 6.07) is 23.2. The third-order valence-corrected chi connectivity index (χ3v) is 6.85. The topological polar surface area (TPSA) is 75.7 Å². The first-order valence-electron chi connectivity index (χ1n) is 10.4. The molecule has 7 heteroatoms. The lowest BCUT2D eigenvalue weighted by molar-refractivity contribution is -0.119. The van der Waals surface area contributed by atoms with Crippen molar-refractivity contribution in [1.82, 2.24) is 5.32 Å². The second kappa shape index (κ2) is 10.8. The van der Waals surface area contributed by atoms with E-state index in [1.807, 2.05) is 49.4 Å². The normalized spacial score (nSPS) is 11.1. The summed E-state index contributed by atoms with van der Waals surface area (Å²) in [7, 11) is -2.43. The van der Waals surface area contributed by atoms with E-state index in [-0.39, 0.29) is 17.3 Å². The minimum Gasteiger partial charge on any atom is -0.497 e. The molecule has 0 unspecified atom stereocenters. The molecule has 1 amide bonds. The maximum absolute atomic E-state index is 13.4. The SMILES string of the molecule is COc1ccc(S(=O)(=O)N(CC(=O)NCCCc2ccccc2)c2ccc(C)cc2)cc1. The standard InChI is InChI=1S/C25H28N2O4S/c1-20-10-12-22(13-11-20)27(32(29,30)24-16-14-23(31-2)15-17-24)19-25(28)26-18-6-9-21-7-4-3-5-8-21/h3-5,7-8,10-17H,6,9,18-19H2,1-2H3,(H,26,28). The van der Waals surface area contributed by atoms with Crippen LogP contribution in [-0.4, -0.2) is 34.5 Å². The average Bonchev–Trinajstić information content (AvgIpc) is 2.81. The Balaban J connectivity index is 1.72. The molecule has 0 aromatic heterocycles. The third kappa shape index (κ3) is 6.11. The smallest absolute Gasteiger partial charge is 0.264 e. The molecule has 0 atom stereocenters. The van der Waals surface area contributed by atoms with E-state index in [9.17, 15) is 13.2 Å². The number of hydrogen-bond donors (Lipinski definition) is 1. The predicted octanol–water partition coefficient (Wildman–Crippen LogP) is 3.95. The number of nitrogens with one attached hydrogen (secondary N) is 1. The molecule has 1 N–H and O–H groups in total. The van der Waals surface area contributed by atoms with Crippen LogP contribution in [0.4, 0.5) is 5.69 Å². The lowest BCUT2D eigenvalue weighted by atomic mass is 10.1. The fraction of sp³-hybridized carbons (Fsp3) is 0.240. The minimum atomic E-state index is -3.94. The molecule has 0 aliphatic carbocycles. The van der Waals surface area contributed by atoms with Gasteiger partial charge in [0.2, 0.25) is 5.91 Å². The van der Waals surface area contributed by atoms with Crippen LogP contribution in [0.25, 0.3) is 0 Å². The molecule has 3 aromatic rings. The monoisotopic (exact) mass is 452 g/mol. The number of sulfonamides is 1. The van der Waals surface area contributed by atoms with Crippen molar-refractivity contribution in [3.05, 3.63) is 90.0 Å². The summed E-state index contributed by atoms with van der Waals surface area (Å²) >= 11 is 0. The van der Waals surface area contributed by atoms with Gasteiger partial charge in [-0.2, -0.15) is 0 Å². The lowest BCUT2D eigenvalue weighted by Crippen LogP contribution is -2.41. The van der Waals surface area contributed by atoms with Gasteiger partial charge in [0.05, 0.1) is 17.7 Å². The molecule has 0 aliphatic rings. The molecule has 0 fully saturated rings. The Bertz CT molecular complexity index is 1110. The number of hydrogen-bond acceptors (Lipinski definition) is 4. The molecule has 6 nitrogen and oxygen atoms in total. The van der Waals surface area contributed by atoms with Gasteiger partial charge in [-0.1, -0.05) is 48.0 Å². The lowest BCUT2D eigenvalue weighted by Gasteiger charge is -2.24. The van der Waals surface area contributed by atoms with Gasteiger partial charge in [0, 0.05) is 6.54 Å². The third-order valence-electron chi connectivity index (χ3n) is 5.06. The van der Waals surface area contributed by atoms with Gasteiger partial charge in [0.1, 0.15) is 12.3 Å². The van der Waals surface area contributed by atoms with Gasteiger partial charge in [-0.05, 0) is 61.7 Å². The van der Waals surface area contributed by atoms with Gasteiger partial charge >= 0.3 is 0 Å². The van der Waals surface area contributed by atoms with Gasteiger partial charge in [0.15, 0.2) is 0 Å². The molecule has 0 radical (unpaired) electrons. The predicted molar refractivity (Wildman–Crippen MR) is 126 cm³/mol. The number of ether oxygens (including phenoxy) is 1. The summed E-state index contributed by atoms with van der Waals surface area (Å²) in [4.78, 5) is 12.7. The molecule has 3 aromatic carbocycles. The van der Waals surface area contributed by atoms with Crippen LogP contribution >= 0.6 is 0 Å². The zero-order valence-corrected chi connectivity index (χ0v) is 19.1. The van der Waals surface area contributed by atoms with Crippen molar-refractivity contribution in [3.8, 4) is 5.75 Å². The minimum absolute atomic E-state index is 0.0933. The van der Waals surface area contributed by atoms with Gasteiger partial charge in [-0.15, -0.1) is 0 Å². The van der Waals surface area contributed by atoms with Gasteiger partial charge in [0.25, 0.3) is 10.0 Å². The summed E-state index contributed by atoms with van der Waals surface area (Å²) in [6.07, 6.45) is 1.61. The fourth-order valence-corrected chi connectivity index (χ4v) is 4.67. The Morgan fingerprint density at radius 3 is 2.22 bits per heavy atom. The Morgan fingerprint density at radius 1 is 0.938 bits per heavy atom. The highest BCUT2D eigenvalue weighted by molar-refractivity contribution is 7.92. The van der Waals surface area contributed by atoms with Crippen molar-refractivity contribution in [1.29, 1.82) is 0 Å². The second-order valence-electron chi connectivity index (χ2n) is 7.46. The van der Waals surface area contributed by atoms with E-state index in [0.717, 1.165) is 22.7 Å². The molecule has 0 heterocycles. The maximum Gasteiger partial charge on any atom is 0.264 e. The number of carbonyl (C=O) groups is 1. The molecule has 32 heavy (non-hydrogen) atoms. The first kappa shape index (κ1) is 23.3. The number of benzene rings is 3. The average molecular weight is 453 g/mol. The number of methoxy groups -OCH3 is 1. The number of carbonyl (C=O) groups excluding carboxylic acids is 1. The quantitative estimate of drug-likeness (QED) is 0.473. The molecule has 0 spiro atoms. The zero-order valence-electron chi connectivity index (χ0n) is 18.3. The van der Waals surface area contributed by atoms with Gasteiger partial charge in [-0.3, -0.25) is 9.10 Å². The Labute approximate surface area is 189 Å². The van der Waals surface area contributed by atoms with E-state index in [1.165, 1.54) is 24.8 Å². The van der Waals surface area contributed by atoms with E-state index >= 15 is 0 Å². The van der Waals surface area contributed by atoms with Crippen LogP contribution in [0.2, 0.25) is 0 Å². The van der Waals surface area contributed by atoms with Crippen LogP contribution in [0.1, 0.15) is 17.5 Å². The van der Waals surface area contributed by atoms with Crippen LogP contribution in [0, 0.1) is 6.92 Å². The summed E-state index contributed by atoms with van der Waals surface area (Å²) in [6.45, 7) is 2.09. The largest absolute Gasteiger partial charge is 0.497 e. The van der Waals surface area contributed by atoms with E-state index in [1.54, 1.807) is 24.3 Å². The highest BCUT2D eigenvalue weighted by atomic mass is 32.2. The number of aryl methyl sites for hydroxylation is 2. The van der Waals surface area contributed by atoms with E-state index < -0.39 is 10.0 Å². The fourth-order valence-electron chi connectivity index (χ4n) is 3.25. The summed E-state index contributed by atoms with van der Waals surface area (Å²) < 4.78 is 33.0. The summed E-state index contributed by atoms with van der Waals surface area (Å²) in [5, 5.41) is 2.84. The summed E-state index contributed by atoms with van der Waals surface area (Å²) in [5.41, 5.74) is 2.64. The summed E-state index contributed by atoms with van der Waals surface area (Å²) in [5.74, 6) is 0.206. The van der Waals surface area contributed by atoms with Crippen LogP contribution in [-0.2, 0) is 21.2 Å². The molecule has 0 saturated heterocycles. The molecule has 0 bridgehead atoms. The Morgan fingerprint density at radius 2 is 1.59 bits per heavy atom. The molecular formula is C25H28N2O4S. The van der Waals surface area contributed by atoms with Crippen molar-refractivity contribution < 1.29 is 17.9 Å². The second-order valence-corrected chi connectivity index (χ2v) is 9.32. The first-order chi connectivity index (χ1) is 15.4. The van der Waals surface area contributed by atoms with E-state index in [4.69, 9.17) is 4.74 Å². The number of anilines is 1. The van der Waals surface area contributed by atoms with Crippen molar-refractivity contribution in [3.63, 3.8) is 0 Å². The van der Waals surface area contributed by atoms with Crippen LogP contribution in [0.15, 0.2) is 83.8 Å². The number of rotatable bonds is 10. The highest BCUT2D eigenvalue weighted by Gasteiger charge is 2.27. The Kier molecular flexibility index (Phi) is 7.89. The molecule has 3 rings (SSSR count). The van der Waals surface area contributed by atoms with Gasteiger partial charge in [-0.25, -0.2) is 8.42 Å². The molecular weight excluding hydrogens is 424 g/mol. The molecule has 0 saturated carbocycles. The molecule has 0 aliphatic heterocycles.